The molecule has 0 aromatic heterocycles. The first-order valence-corrected chi connectivity index (χ1v) is 8.34. The maximum Gasteiger partial charge on any atom is 0.168 e. The number of hydrogen-bond donors (Lipinski definition) is 1. The van der Waals surface area contributed by atoms with Gasteiger partial charge >= 0.3 is 0 Å². The molecule has 21 heavy (non-hydrogen) atoms. The molecule has 1 heterocycles. The largest absolute Gasteiger partial charge is 0.347 e. The van der Waals surface area contributed by atoms with Crippen LogP contribution in [-0.4, -0.2) is 31.6 Å². The zero-order chi connectivity index (χ0) is 15.3. The summed E-state index contributed by atoms with van der Waals surface area (Å²) < 4.78 is 12.2. The van der Waals surface area contributed by atoms with Crippen molar-refractivity contribution in [2.75, 3.05) is 19.7 Å². The Morgan fingerprint density at radius 2 is 2.05 bits per heavy atom. The van der Waals surface area contributed by atoms with Crippen LogP contribution in [0.4, 0.5) is 0 Å². The molecule has 4 heteroatoms. The van der Waals surface area contributed by atoms with Gasteiger partial charge in [0.2, 0.25) is 0 Å². The Balaban J connectivity index is 1.68. The van der Waals surface area contributed by atoms with E-state index >= 15 is 0 Å². The summed E-state index contributed by atoms with van der Waals surface area (Å²) in [6.07, 6.45) is 6.23. The third-order valence-electron chi connectivity index (χ3n) is 4.84. The molecule has 1 saturated heterocycles. The van der Waals surface area contributed by atoms with Gasteiger partial charge in [0.05, 0.1) is 18.8 Å². The Hall–Kier alpha value is -0.630. The van der Waals surface area contributed by atoms with E-state index in [1.54, 1.807) is 0 Å². The molecule has 2 rings (SSSR count). The number of hydrogen-bond acceptors (Lipinski definition) is 4. The second-order valence-corrected chi connectivity index (χ2v) is 7.60. The lowest BCUT2D eigenvalue weighted by Crippen LogP contribution is -2.38. The van der Waals surface area contributed by atoms with Crippen LogP contribution in [0, 0.1) is 22.7 Å². The number of nitrogens with zero attached hydrogens (tertiary/aromatic N) is 1. The van der Waals surface area contributed by atoms with Gasteiger partial charge in [-0.1, -0.05) is 20.8 Å². The average Bonchev–Trinajstić information content (AvgIpc) is 2.84. The lowest BCUT2D eigenvalue weighted by Gasteiger charge is -2.34. The van der Waals surface area contributed by atoms with Crippen molar-refractivity contribution in [2.24, 2.45) is 11.3 Å². The van der Waals surface area contributed by atoms with Crippen LogP contribution in [0.3, 0.4) is 0 Å². The van der Waals surface area contributed by atoms with Crippen LogP contribution in [0.15, 0.2) is 0 Å². The molecular weight excluding hydrogens is 264 g/mol. The minimum absolute atomic E-state index is 0.160. The number of ether oxygens (including phenoxy) is 2. The molecule has 1 spiro atoms. The maximum absolute atomic E-state index is 8.68. The SMILES string of the molecule is CC1CCC2(CC1)OC[C@@H](CNCC(C)(C)CCC#N)O2. The molecule has 1 aliphatic carbocycles. The molecule has 0 unspecified atom stereocenters. The molecule has 1 N–H and O–H groups in total. The second kappa shape index (κ2) is 7.09. The predicted molar refractivity (Wildman–Crippen MR) is 82.7 cm³/mol. The van der Waals surface area contributed by atoms with Gasteiger partial charge in [-0.3, -0.25) is 0 Å². The van der Waals surface area contributed by atoms with Gasteiger partial charge in [-0.15, -0.1) is 0 Å². The first-order valence-electron chi connectivity index (χ1n) is 8.34. The van der Waals surface area contributed by atoms with Gasteiger partial charge in [0.25, 0.3) is 0 Å². The molecule has 0 amide bonds. The molecule has 4 nitrogen and oxygen atoms in total. The van der Waals surface area contributed by atoms with Gasteiger partial charge in [-0.05, 0) is 30.6 Å². The van der Waals surface area contributed by atoms with Crippen molar-refractivity contribution >= 4 is 0 Å². The summed E-state index contributed by atoms with van der Waals surface area (Å²) in [5.41, 5.74) is 0.160. The molecule has 1 saturated carbocycles. The Labute approximate surface area is 129 Å². The molecular formula is C17H30N2O2. The zero-order valence-electron chi connectivity index (χ0n) is 13.8. The van der Waals surface area contributed by atoms with E-state index in [1.165, 1.54) is 12.8 Å². The van der Waals surface area contributed by atoms with Crippen LogP contribution in [0.2, 0.25) is 0 Å². The summed E-state index contributed by atoms with van der Waals surface area (Å²) in [6.45, 7) is 9.18. The summed E-state index contributed by atoms with van der Waals surface area (Å²) in [4.78, 5) is 0. The van der Waals surface area contributed by atoms with Crippen molar-refractivity contribution < 1.29 is 9.47 Å². The van der Waals surface area contributed by atoms with Crippen molar-refractivity contribution in [1.82, 2.24) is 5.32 Å². The van der Waals surface area contributed by atoms with Gasteiger partial charge in [0.15, 0.2) is 5.79 Å². The summed E-state index contributed by atoms with van der Waals surface area (Å²) in [5.74, 6) is 0.524. The Bertz CT molecular complexity index is 367. The van der Waals surface area contributed by atoms with Gasteiger partial charge in [-0.2, -0.15) is 5.26 Å². The second-order valence-electron chi connectivity index (χ2n) is 7.60. The van der Waals surface area contributed by atoms with Crippen LogP contribution < -0.4 is 5.32 Å². The molecule has 1 aliphatic heterocycles. The maximum atomic E-state index is 8.68. The highest BCUT2D eigenvalue weighted by Crippen LogP contribution is 2.39. The highest BCUT2D eigenvalue weighted by atomic mass is 16.7. The standard InChI is InChI=1S/C17H30N2O2/c1-14-5-8-17(9-6-14)20-12-15(21-17)11-19-13-16(2,3)7-4-10-18/h14-15,19H,4-9,11-13H2,1-3H3/t14?,15-,17?/m1/s1. The van der Waals surface area contributed by atoms with Gasteiger partial charge in [-0.25, -0.2) is 0 Å². The first-order chi connectivity index (χ1) is 9.95. The molecule has 2 fully saturated rings. The number of rotatable bonds is 6. The monoisotopic (exact) mass is 294 g/mol. The number of nitriles is 1. The Kier molecular flexibility index (Phi) is 5.65. The molecule has 1 atom stereocenters. The minimum Gasteiger partial charge on any atom is -0.347 e. The summed E-state index contributed by atoms with van der Waals surface area (Å²) in [5, 5.41) is 12.2. The van der Waals surface area contributed by atoms with Crippen LogP contribution in [-0.2, 0) is 9.47 Å². The van der Waals surface area contributed by atoms with Crippen molar-refractivity contribution in [2.45, 2.75) is 71.2 Å². The average molecular weight is 294 g/mol. The molecule has 0 aromatic rings. The topological polar surface area (TPSA) is 54.3 Å². The fourth-order valence-electron chi connectivity index (χ4n) is 3.24. The van der Waals surface area contributed by atoms with Crippen molar-refractivity contribution in [3.63, 3.8) is 0 Å². The molecule has 0 aromatic carbocycles. The van der Waals surface area contributed by atoms with E-state index in [0.717, 1.165) is 38.3 Å². The first kappa shape index (κ1) is 16.7. The van der Waals surface area contributed by atoms with E-state index in [-0.39, 0.29) is 17.3 Å². The number of nitrogens with one attached hydrogen (secondary N) is 1. The van der Waals surface area contributed by atoms with Crippen LogP contribution in [0.5, 0.6) is 0 Å². The van der Waals surface area contributed by atoms with E-state index in [2.05, 4.69) is 32.2 Å². The molecule has 0 radical (unpaired) electrons. The highest BCUT2D eigenvalue weighted by molar-refractivity contribution is 4.85. The molecule has 120 valence electrons. The van der Waals surface area contributed by atoms with Crippen LogP contribution >= 0.6 is 0 Å². The van der Waals surface area contributed by atoms with Crippen molar-refractivity contribution in [3.05, 3.63) is 0 Å². The Morgan fingerprint density at radius 1 is 1.33 bits per heavy atom. The lowest BCUT2D eigenvalue weighted by atomic mass is 9.86. The summed E-state index contributed by atoms with van der Waals surface area (Å²) >= 11 is 0. The predicted octanol–water partition coefficient (Wildman–Crippen LogP) is 3.23. The van der Waals surface area contributed by atoms with Gasteiger partial charge in [0, 0.05) is 32.4 Å². The lowest BCUT2D eigenvalue weighted by molar-refractivity contribution is -0.191. The van der Waals surface area contributed by atoms with E-state index in [1.807, 2.05) is 0 Å². The van der Waals surface area contributed by atoms with Gasteiger partial charge in [0.1, 0.15) is 0 Å². The minimum atomic E-state index is -0.283. The third kappa shape index (κ3) is 4.95. The zero-order valence-corrected chi connectivity index (χ0v) is 13.8. The fraction of sp³-hybridized carbons (Fsp3) is 0.941. The van der Waals surface area contributed by atoms with Crippen molar-refractivity contribution in [3.8, 4) is 6.07 Å². The van der Waals surface area contributed by atoms with Crippen LogP contribution in [0.25, 0.3) is 0 Å². The smallest absolute Gasteiger partial charge is 0.168 e. The van der Waals surface area contributed by atoms with Gasteiger partial charge < -0.3 is 14.8 Å². The fourth-order valence-corrected chi connectivity index (χ4v) is 3.24. The summed E-state index contributed by atoms with van der Waals surface area (Å²) in [6, 6.07) is 2.23. The molecule has 0 bridgehead atoms. The highest BCUT2D eigenvalue weighted by Gasteiger charge is 2.43. The summed E-state index contributed by atoms with van der Waals surface area (Å²) in [7, 11) is 0. The normalized spacial score (nSPS) is 33.2. The third-order valence-corrected chi connectivity index (χ3v) is 4.84. The van der Waals surface area contributed by atoms with E-state index in [9.17, 15) is 0 Å². The van der Waals surface area contributed by atoms with E-state index in [4.69, 9.17) is 14.7 Å². The van der Waals surface area contributed by atoms with E-state index in [0.29, 0.717) is 13.0 Å². The Morgan fingerprint density at radius 3 is 2.71 bits per heavy atom. The van der Waals surface area contributed by atoms with Crippen LogP contribution in [0.1, 0.15) is 59.3 Å². The van der Waals surface area contributed by atoms with E-state index < -0.39 is 0 Å². The van der Waals surface area contributed by atoms with Crippen molar-refractivity contribution in [1.29, 1.82) is 5.26 Å². The molecule has 2 aliphatic rings. The quantitative estimate of drug-likeness (QED) is 0.817.